The number of halogens is 1. The van der Waals surface area contributed by atoms with E-state index in [1.165, 1.54) is 49.7 Å². The topological polar surface area (TPSA) is 17.1 Å². The second-order valence-electron chi connectivity index (χ2n) is 6.46. The maximum absolute atomic E-state index is 10.7. The van der Waals surface area contributed by atoms with E-state index in [1.54, 1.807) is 0 Å². The molecule has 0 amide bonds. The molecule has 1 aromatic carbocycles. The predicted molar refractivity (Wildman–Crippen MR) is 89.8 cm³/mol. The average Bonchev–Trinajstić information content (AvgIpc) is 2.49. The molecule has 1 aliphatic carbocycles. The predicted octanol–water partition coefficient (Wildman–Crippen LogP) is 5.85. The van der Waals surface area contributed by atoms with Crippen LogP contribution >= 0.6 is 11.6 Å². The molecule has 2 heteroatoms. The third kappa shape index (κ3) is 5.47. The molecular formula is C19H27ClO. The summed E-state index contributed by atoms with van der Waals surface area (Å²) in [6, 6.07) is 9.05. The van der Waals surface area contributed by atoms with Gasteiger partial charge in [-0.2, -0.15) is 0 Å². The van der Waals surface area contributed by atoms with Gasteiger partial charge in [0.25, 0.3) is 0 Å². The molecule has 1 saturated carbocycles. The zero-order valence-corrected chi connectivity index (χ0v) is 13.9. The van der Waals surface area contributed by atoms with E-state index < -0.39 is 0 Å². The van der Waals surface area contributed by atoms with E-state index in [4.69, 9.17) is 11.6 Å². The number of aryl methyl sites for hydroxylation is 1. The second kappa shape index (κ2) is 8.58. The average molecular weight is 307 g/mol. The summed E-state index contributed by atoms with van der Waals surface area (Å²) < 4.78 is 0. The molecule has 0 aromatic heterocycles. The lowest BCUT2D eigenvalue weighted by molar-refractivity contribution is -0.111. The molecule has 1 aliphatic rings. The van der Waals surface area contributed by atoms with Crippen molar-refractivity contribution in [2.45, 2.75) is 70.6 Å². The third-order valence-electron chi connectivity index (χ3n) is 4.83. The Morgan fingerprint density at radius 2 is 1.81 bits per heavy atom. The number of carbonyl (C=O) groups is 1. The molecule has 21 heavy (non-hydrogen) atoms. The van der Waals surface area contributed by atoms with Crippen molar-refractivity contribution in [2.24, 2.45) is 5.92 Å². The standard InChI is InChI=1S/C19H27ClO/c1-2-4-15-7-11-17(12-8-15)18-13-9-16(10-14-18)5-3-6-19(20)21/h9-10,13-15,17H,2-8,11-12H2,1H3/t15-,17-. The summed E-state index contributed by atoms with van der Waals surface area (Å²) in [7, 11) is 0. The molecule has 2 rings (SSSR count). The number of hydrogen-bond acceptors (Lipinski definition) is 1. The van der Waals surface area contributed by atoms with Crippen LogP contribution in [0.15, 0.2) is 24.3 Å². The van der Waals surface area contributed by atoms with Gasteiger partial charge in [0, 0.05) is 6.42 Å². The maximum Gasteiger partial charge on any atom is 0.221 e. The van der Waals surface area contributed by atoms with Gasteiger partial charge in [0.05, 0.1) is 0 Å². The molecule has 0 spiro atoms. The van der Waals surface area contributed by atoms with Gasteiger partial charge in [-0.15, -0.1) is 0 Å². The van der Waals surface area contributed by atoms with Crippen LogP contribution in [0.25, 0.3) is 0 Å². The molecule has 0 atom stereocenters. The Morgan fingerprint density at radius 1 is 1.14 bits per heavy atom. The van der Waals surface area contributed by atoms with Crippen LogP contribution in [0.4, 0.5) is 0 Å². The highest BCUT2D eigenvalue weighted by Gasteiger charge is 2.21. The van der Waals surface area contributed by atoms with E-state index in [9.17, 15) is 4.79 Å². The molecule has 0 saturated heterocycles. The van der Waals surface area contributed by atoms with E-state index in [2.05, 4.69) is 31.2 Å². The summed E-state index contributed by atoms with van der Waals surface area (Å²) in [5.41, 5.74) is 2.82. The molecule has 1 aromatic rings. The Morgan fingerprint density at radius 3 is 2.38 bits per heavy atom. The fourth-order valence-corrected chi connectivity index (χ4v) is 3.71. The third-order valence-corrected chi connectivity index (χ3v) is 5.02. The lowest BCUT2D eigenvalue weighted by Crippen LogP contribution is -2.13. The molecule has 116 valence electrons. The highest BCUT2D eigenvalue weighted by Crippen LogP contribution is 2.37. The fraction of sp³-hybridized carbons (Fsp3) is 0.632. The van der Waals surface area contributed by atoms with E-state index >= 15 is 0 Å². The van der Waals surface area contributed by atoms with Crippen LogP contribution in [-0.4, -0.2) is 5.24 Å². The Bertz CT molecular complexity index is 429. The zero-order valence-electron chi connectivity index (χ0n) is 13.1. The molecule has 1 nitrogen and oxygen atoms in total. The summed E-state index contributed by atoms with van der Waals surface area (Å²) in [5, 5.41) is -0.226. The van der Waals surface area contributed by atoms with Gasteiger partial charge < -0.3 is 0 Å². The van der Waals surface area contributed by atoms with Crippen LogP contribution in [0.3, 0.4) is 0 Å². The van der Waals surface area contributed by atoms with Crippen molar-refractivity contribution in [3.05, 3.63) is 35.4 Å². The van der Waals surface area contributed by atoms with Crippen molar-refractivity contribution < 1.29 is 4.79 Å². The Kier molecular flexibility index (Phi) is 6.76. The largest absolute Gasteiger partial charge is 0.281 e. The molecule has 0 bridgehead atoms. The molecule has 0 radical (unpaired) electrons. The summed E-state index contributed by atoms with van der Waals surface area (Å²) in [6.45, 7) is 2.29. The lowest BCUT2D eigenvalue weighted by Gasteiger charge is -2.28. The highest BCUT2D eigenvalue weighted by atomic mass is 35.5. The van der Waals surface area contributed by atoms with Crippen molar-refractivity contribution >= 4 is 16.8 Å². The first-order chi connectivity index (χ1) is 10.2. The first-order valence-corrected chi connectivity index (χ1v) is 8.84. The first-order valence-electron chi connectivity index (χ1n) is 8.46. The van der Waals surface area contributed by atoms with Gasteiger partial charge in [-0.05, 0) is 73.1 Å². The Labute approximate surface area is 134 Å². The van der Waals surface area contributed by atoms with Crippen LogP contribution in [0.1, 0.15) is 75.3 Å². The lowest BCUT2D eigenvalue weighted by atomic mass is 9.77. The van der Waals surface area contributed by atoms with Gasteiger partial charge in [-0.1, -0.05) is 44.0 Å². The van der Waals surface area contributed by atoms with Crippen molar-refractivity contribution in [3.63, 3.8) is 0 Å². The molecule has 0 aliphatic heterocycles. The number of rotatable bonds is 7. The van der Waals surface area contributed by atoms with Crippen LogP contribution in [0, 0.1) is 5.92 Å². The van der Waals surface area contributed by atoms with Crippen molar-refractivity contribution in [1.82, 2.24) is 0 Å². The van der Waals surface area contributed by atoms with E-state index in [0.717, 1.165) is 24.7 Å². The van der Waals surface area contributed by atoms with E-state index in [-0.39, 0.29) is 5.24 Å². The van der Waals surface area contributed by atoms with Crippen LogP contribution < -0.4 is 0 Å². The second-order valence-corrected chi connectivity index (χ2v) is 6.88. The van der Waals surface area contributed by atoms with Gasteiger partial charge in [0.15, 0.2) is 0 Å². The summed E-state index contributed by atoms with van der Waals surface area (Å²) in [5.74, 6) is 1.73. The number of carbonyl (C=O) groups excluding carboxylic acids is 1. The van der Waals surface area contributed by atoms with Crippen molar-refractivity contribution in [1.29, 1.82) is 0 Å². The van der Waals surface area contributed by atoms with Crippen LogP contribution in [0.2, 0.25) is 0 Å². The molecule has 1 fully saturated rings. The molecule has 0 N–H and O–H groups in total. The normalized spacial score (nSPS) is 22.2. The molecular weight excluding hydrogens is 280 g/mol. The van der Waals surface area contributed by atoms with Gasteiger partial charge in [0.1, 0.15) is 0 Å². The van der Waals surface area contributed by atoms with Gasteiger partial charge in [-0.3, -0.25) is 4.79 Å². The molecule has 0 unspecified atom stereocenters. The van der Waals surface area contributed by atoms with Gasteiger partial charge in [-0.25, -0.2) is 0 Å². The quantitative estimate of drug-likeness (QED) is 0.578. The minimum atomic E-state index is -0.226. The maximum atomic E-state index is 10.7. The minimum Gasteiger partial charge on any atom is -0.281 e. The van der Waals surface area contributed by atoms with Gasteiger partial charge >= 0.3 is 0 Å². The van der Waals surface area contributed by atoms with Crippen LogP contribution in [-0.2, 0) is 11.2 Å². The highest BCUT2D eigenvalue weighted by molar-refractivity contribution is 6.63. The Balaban J connectivity index is 1.81. The smallest absolute Gasteiger partial charge is 0.221 e. The van der Waals surface area contributed by atoms with Gasteiger partial charge in [0.2, 0.25) is 5.24 Å². The zero-order chi connectivity index (χ0) is 15.1. The Hall–Kier alpha value is -0.820. The summed E-state index contributed by atoms with van der Waals surface area (Å²) in [6.07, 6.45) is 10.5. The van der Waals surface area contributed by atoms with E-state index in [1.807, 2.05) is 0 Å². The minimum absolute atomic E-state index is 0.226. The SMILES string of the molecule is CCC[C@H]1CC[C@H](c2ccc(CCCC(=O)Cl)cc2)CC1. The molecule has 0 heterocycles. The summed E-state index contributed by atoms with van der Waals surface area (Å²) >= 11 is 5.37. The van der Waals surface area contributed by atoms with Crippen molar-refractivity contribution in [2.75, 3.05) is 0 Å². The summed E-state index contributed by atoms with van der Waals surface area (Å²) in [4.78, 5) is 10.7. The monoisotopic (exact) mass is 306 g/mol. The number of hydrogen-bond donors (Lipinski definition) is 0. The van der Waals surface area contributed by atoms with Crippen molar-refractivity contribution in [3.8, 4) is 0 Å². The fourth-order valence-electron chi connectivity index (χ4n) is 3.58. The van der Waals surface area contributed by atoms with E-state index in [0.29, 0.717) is 6.42 Å². The first kappa shape index (κ1) is 16.5. The van der Waals surface area contributed by atoms with Crippen LogP contribution in [0.5, 0.6) is 0 Å². The number of benzene rings is 1.